The van der Waals surface area contributed by atoms with Crippen molar-refractivity contribution in [3.05, 3.63) is 23.5 Å². The quantitative estimate of drug-likeness (QED) is 0.241. The van der Waals surface area contributed by atoms with Crippen LogP contribution in [0.4, 0.5) is 0 Å². The summed E-state index contributed by atoms with van der Waals surface area (Å²) in [5.41, 5.74) is 0.310. The second-order valence-corrected chi connectivity index (χ2v) is 17.7. The van der Waals surface area contributed by atoms with E-state index < -0.39 is 79.1 Å². The molecule has 5 saturated heterocycles. The standard InChI is InChI=1S/C41H62O15/c1-20-35(43)29(46-6)16-34(50-20)55-36-21(2)51-32(15-28(36)42)56-37-22(3)52-33(17-30(37)47-7)53-25-12-13-39(4)23(14-25)8-10-26-27(39)11-9-24-18-48-40(5)41(24,45)31(19-49-40)54-38(26)44/h8,18,20-22,25-37,42-43,45H,9-17,19H2,1-7H3/t20-,21-,22-,25+,26-,27+,28+,29+,30-,31-,32+,33+,34+,35-,36-,37-,39+,40+,41+/m1/s1. The van der Waals surface area contributed by atoms with Crippen LogP contribution in [0.2, 0.25) is 0 Å². The highest BCUT2D eigenvalue weighted by molar-refractivity contribution is 5.74. The van der Waals surface area contributed by atoms with Gasteiger partial charge in [-0.05, 0) is 70.6 Å². The summed E-state index contributed by atoms with van der Waals surface area (Å²) in [5, 5.41) is 33.3. The fraction of sp³-hybridized carbons (Fsp3) is 0.878. The van der Waals surface area contributed by atoms with E-state index in [0.29, 0.717) is 25.7 Å². The van der Waals surface area contributed by atoms with E-state index in [-0.39, 0.29) is 54.6 Å². The molecule has 0 aromatic heterocycles. The lowest BCUT2D eigenvalue weighted by atomic mass is 9.55. The van der Waals surface area contributed by atoms with Crippen LogP contribution in [0, 0.1) is 17.3 Å². The number of carbonyl (C=O) groups excluding carboxylic acids is 1. The molecule has 2 aliphatic carbocycles. The second-order valence-electron chi connectivity index (χ2n) is 17.7. The first-order valence-corrected chi connectivity index (χ1v) is 20.7. The minimum absolute atomic E-state index is 0.0418. The topological polar surface area (TPSA) is 179 Å². The van der Waals surface area contributed by atoms with Crippen molar-refractivity contribution in [2.75, 3.05) is 20.8 Å². The van der Waals surface area contributed by atoms with Crippen LogP contribution in [0.5, 0.6) is 0 Å². The zero-order chi connectivity index (χ0) is 39.7. The van der Waals surface area contributed by atoms with Crippen LogP contribution in [-0.2, 0) is 56.9 Å². The molecule has 56 heavy (non-hydrogen) atoms. The third-order valence-corrected chi connectivity index (χ3v) is 14.4. The minimum Gasteiger partial charge on any atom is -0.466 e. The number of methoxy groups -OCH3 is 2. The number of aliphatic hydroxyl groups is 3. The summed E-state index contributed by atoms with van der Waals surface area (Å²) in [7, 11) is 3.20. The molecule has 0 amide bonds. The van der Waals surface area contributed by atoms with Gasteiger partial charge in [-0.25, -0.2) is 0 Å². The highest BCUT2D eigenvalue weighted by Gasteiger charge is 2.68. The zero-order valence-corrected chi connectivity index (χ0v) is 33.7. The van der Waals surface area contributed by atoms with Gasteiger partial charge in [-0.1, -0.05) is 18.6 Å². The maximum absolute atomic E-state index is 13.7. The predicted octanol–water partition coefficient (Wildman–Crippen LogP) is 3.15. The van der Waals surface area contributed by atoms with Crippen molar-refractivity contribution >= 4 is 5.97 Å². The summed E-state index contributed by atoms with van der Waals surface area (Å²) in [6.07, 6.45) is 1.42. The Hall–Kier alpha value is -1.73. The van der Waals surface area contributed by atoms with Crippen LogP contribution < -0.4 is 0 Å². The molecular formula is C41H62O15. The summed E-state index contributed by atoms with van der Waals surface area (Å²) >= 11 is 0. The largest absolute Gasteiger partial charge is 0.466 e. The number of rotatable bonds is 8. The van der Waals surface area contributed by atoms with E-state index in [0.717, 1.165) is 31.3 Å². The van der Waals surface area contributed by atoms with E-state index in [1.807, 2.05) is 13.8 Å². The first-order valence-electron chi connectivity index (χ1n) is 20.7. The molecule has 316 valence electrons. The Morgan fingerprint density at radius 1 is 0.821 bits per heavy atom. The van der Waals surface area contributed by atoms with Crippen molar-refractivity contribution < 1.29 is 72.2 Å². The van der Waals surface area contributed by atoms with E-state index >= 15 is 0 Å². The van der Waals surface area contributed by atoms with Gasteiger partial charge in [0.2, 0.25) is 5.79 Å². The highest BCUT2D eigenvalue weighted by atomic mass is 16.8. The minimum atomic E-state index is -1.49. The number of esters is 1. The van der Waals surface area contributed by atoms with Crippen molar-refractivity contribution in [1.29, 1.82) is 0 Å². The summed E-state index contributed by atoms with van der Waals surface area (Å²) in [5.74, 6) is -1.80. The van der Waals surface area contributed by atoms with Crippen molar-refractivity contribution in [3.63, 3.8) is 0 Å². The van der Waals surface area contributed by atoms with E-state index in [1.54, 1.807) is 34.3 Å². The molecule has 19 atom stereocenters. The molecule has 6 aliphatic heterocycles. The number of aliphatic hydroxyl groups excluding tert-OH is 2. The number of carbonyl (C=O) groups is 1. The van der Waals surface area contributed by atoms with Gasteiger partial charge in [-0.15, -0.1) is 0 Å². The van der Waals surface area contributed by atoms with Crippen LogP contribution in [0.1, 0.15) is 92.4 Å². The second kappa shape index (κ2) is 15.7. The molecule has 0 spiro atoms. The van der Waals surface area contributed by atoms with Gasteiger partial charge >= 0.3 is 5.97 Å². The lowest BCUT2D eigenvalue weighted by Crippen LogP contribution is -2.56. The van der Waals surface area contributed by atoms with Crippen molar-refractivity contribution in [1.82, 2.24) is 0 Å². The molecule has 0 unspecified atom stereocenters. The molecule has 15 nitrogen and oxygen atoms in total. The van der Waals surface area contributed by atoms with Crippen LogP contribution in [0.25, 0.3) is 0 Å². The average molecular weight is 795 g/mol. The van der Waals surface area contributed by atoms with Gasteiger partial charge in [-0.3, -0.25) is 4.79 Å². The van der Waals surface area contributed by atoms with Crippen molar-refractivity contribution in [3.8, 4) is 0 Å². The Balaban J connectivity index is 0.857. The van der Waals surface area contributed by atoms with Crippen LogP contribution in [-0.4, -0.2) is 140 Å². The molecule has 1 saturated carbocycles. The Kier molecular flexibility index (Phi) is 11.5. The zero-order valence-electron chi connectivity index (χ0n) is 33.7. The fourth-order valence-corrected chi connectivity index (χ4v) is 11.0. The van der Waals surface area contributed by atoms with Crippen molar-refractivity contribution in [2.45, 2.75) is 190 Å². The first-order chi connectivity index (χ1) is 26.7. The lowest BCUT2D eigenvalue weighted by molar-refractivity contribution is -0.337. The lowest BCUT2D eigenvalue weighted by Gasteiger charge is -2.50. The predicted molar refractivity (Wildman–Crippen MR) is 194 cm³/mol. The molecule has 0 aromatic rings. The van der Waals surface area contributed by atoms with Crippen LogP contribution in [0.15, 0.2) is 23.5 Å². The number of hydrogen-bond donors (Lipinski definition) is 3. The normalized spacial score (nSPS) is 51.9. The third-order valence-electron chi connectivity index (χ3n) is 14.4. The molecule has 8 rings (SSSR count). The van der Waals surface area contributed by atoms with E-state index in [4.69, 9.17) is 52.1 Å². The third kappa shape index (κ3) is 7.08. The molecule has 8 aliphatic rings. The number of ether oxygens (including phenoxy) is 11. The summed E-state index contributed by atoms with van der Waals surface area (Å²) < 4.78 is 66.8. The molecule has 6 fully saturated rings. The van der Waals surface area contributed by atoms with E-state index in [2.05, 4.69) is 13.0 Å². The fourth-order valence-electron chi connectivity index (χ4n) is 11.0. The summed E-state index contributed by atoms with van der Waals surface area (Å²) in [6.45, 7) is 9.60. The van der Waals surface area contributed by atoms with Gasteiger partial charge in [0.1, 0.15) is 18.3 Å². The van der Waals surface area contributed by atoms with Gasteiger partial charge in [0.05, 0.1) is 61.5 Å². The number of hydrogen-bond acceptors (Lipinski definition) is 15. The van der Waals surface area contributed by atoms with Gasteiger partial charge in [0.25, 0.3) is 0 Å². The first kappa shape index (κ1) is 41.0. The van der Waals surface area contributed by atoms with Gasteiger partial charge in [0.15, 0.2) is 30.6 Å². The maximum atomic E-state index is 13.7. The molecule has 0 aromatic carbocycles. The Morgan fingerprint density at radius 2 is 1.48 bits per heavy atom. The smallest absolute Gasteiger partial charge is 0.310 e. The Morgan fingerprint density at radius 3 is 2.21 bits per heavy atom. The summed E-state index contributed by atoms with van der Waals surface area (Å²) in [4.78, 5) is 13.7. The Bertz CT molecular complexity index is 1490. The molecular weight excluding hydrogens is 732 g/mol. The van der Waals surface area contributed by atoms with Crippen molar-refractivity contribution in [2.24, 2.45) is 17.3 Å². The summed E-state index contributed by atoms with van der Waals surface area (Å²) in [6, 6.07) is 0. The molecule has 6 heterocycles. The molecule has 15 heteroatoms. The monoisotopic (exact) mass is 794 g/mol. The number of allylic oxidation sites excluding steroid dienone is 1. The molecule has 3 N–H and O–H groups in total. The molecule has 0 bridgehead atoms. The number of fused-ring (bicyclic) bond motifs is 3. The van der Waals surface area contributed by atoms with Gasteiger partial charge in [0, 0.05) is 46.0 Å². The van der Waals surface area contributed by atoms with Crippen LogP contribution >= 0.6 is 0 Å². The molecule has 0 radical (unpaired) electrons. The maximum Gasteiger partial charge on any atom is 0.310 e. The Labute approximate surface area is 329 Å². The van der Waals surface area contributed by atoms with Gasteiger partial charge < -0.3 is 67.4 Å². The van der Waals surface area contributed by atoms with Crippen LogP contribution in [0.3, 0.4) is 0 Å². The van der Waals surface area contributed by atoms with Gasteiger partial charge in [-0.2, -0.15) is 0 Å². The van der Waals surface area contributed by atoms with E-state index in [9.17, 15) is 20.1 Å². The average Bonchev–Trinajstić information content (AvgIpc) is 3.57. The highest BCUT2D eigenvalue weighted by Crippen LogP contribution is 2.58. The van der Waals surface area contributed by atoms with E-state index in [1.165, 1.54) is 5.57 Å². The SMILES string of the molecule is CO[C@H]1C[C@H](O[C@H]2[C@@H](O)C[C@H](O[C@@H]3[C@@H](C)O[C@@H](O[C@H]4CC[C@@]5(C)C(=CC[C@H]6C(=O)O[C@@H]7CO[C@]8(C)OC=C(CC[C@@H]65)[C@]78O)C4)C[C@H]3OC)O[C@@H]2C)O[C@H](C)[C@H]1O.